The van der Waals surface area contributed by atoms with Crippen LogP contribution in [-0.4, -0.2) is 47.6 Å². The molecule has 0 bridgehead atoms. The summed E-state index contributed by atoms with van der Waals surface area (Å²) in [6.07, 6.45) is 0. The smallest absolute Gasteiger partial charge is 0.358 e. The number of hydrogen-bond acceptors (Lipinski definition) is 8. The first-order valence-electron chi connectivity index (χ1n) is 8.57. The van der Waals surface area contributed by atoms with Crippen LogP contribution in [0.4, 0.5) is 5.69 Å². The standard InChI is InChI=1S/C20H18N2O7/c1-27-20(26)18-15(23)6-3-7-16(18)28-9-8-21-13-5-2-4-12(10-13)17-11-14(19(24)25)22-29-17/h2-7,10-11,21,23H,8-9H2,1H3,(H,24,25). The second kappa shape index (κ2) is 8.79. The van der Waals surface area contributed by atoms with E-state index < -0.39 is 11.9 Å². The Hall–Kier alpha value is -4.01. The van der Waals surface area contributed by atoms with Crippen LogP contribution in [0.2, 0.25) is 0 Å². The average Bonchev–Trinajstić information content (AvgIpc) is 3.22. The molecule has 0 unspecified atom stereocenters. The number of benzene rings is 2. The number of aromatic carboxylic acids is 1. The van der Waals surface area contributed by atoms with Crippen LogP contribution in [0, 0.1) is 0 Å². The molecule has 0 aliphatic carbocycles. The zero-order valence-corrected chi connectivity index (χ0v) is 15.4. The predicted octanol–water partition coefficient (Wildman–Crippen LogP) is 3.02. The highest BCUT2D eigenvalue weighted by atomic mass is 16.5. The van der Waals surface area contributed by atoms with Gasteiger partial charge in [0.25, 0.3) is 0 Å². The Kier molecular flexibility index (Phi) is 5.98. The van der Waals surface area contributed by atoms with E-state index in [1.807, 2.05) is 6.07 Å². The maximum atomic E-state index is 11.8. The summed E-state index contributed by atoms with van der Waals surface area (Å²) in [5.41, 5.74) is 1.22. The molecule has 9 heteroatoms. The lowest BCUT2D eigenvalue weighted by atomic mass is 10.1. The molecule has 3 rings (SSSR count). The van der Waals surface area contributed by atoms with Crippen LogP contribution >= 0.6 is 0 Å². The van der Waals surface area contributed by atoms with Crippen LogP contribution < -0.4 is 10.1 Å². The summed E-state index contributed by atoms with van der Waals surface area (Å²) >= 11 is 0. The molecule has 150 valence electrons. The molecule has 0 atom stereocenters. The van der Waals surface area contributed by atoms with Crippen molar-refractivity contribution in [2.45, 2.75) is 0 Å². The fourth-order valence-corrected chi connectivity index (χ4v) is 2.60. The number of aromatic hydroxyl groups is 1. The van der Waals surface area contributed by atoms with E-state index in [4.69, 9.17) is 14.4 Å². The van der Waals surface area contributed by atoms with E-state index in [9.17, 15) is 14.7 Å². The summed E-state index contributed by atoms with van der Waals surface area (Å²) < 4.78 is 15.3. The molecule has 0 radical (unpaired) electrons. The zero-order valence-electron chi connectivity index (χ0n) is 15.4. The van der Waals surface area contributed by atoms with Gasteiger partial charge in [-0.3, -0.25) is 0 Å². The number of carbonyl (C=O) groups is 2. The second-order valence-corrected chi connectivity index (χ2v) is 5.88. The number of carboxylic acid groups (broad SMARTS) is 1. The number of nitrogens with one attached hydrogen (secondary N) is 1. The quantitative estimate of drug-likeness (QED) is 0.387. The number of esters is 1. The van der Waals surface area contributed by atoms with Gasteiger partial charge < -0.3 is 29.5 Å². The fourth-order valence-electron chi connectivity index (χ4n) is 2.60. The number of rotatable bonds is 8. The molecular formula is C20H18N2O7. The number of aromatic nitrogens is 1. The Labute approximate surface area is 165 Å². The van der Waals surface area contributed by atoms with Crippen LogP contribution in [0.3, 0.4) is 0 Å². The first-order chi connectivity index (χ1) is 14.0. The van der Waals surface area contributed by atoms with Gasteiger partial charge in [0.1, 0.15) is 23.7 Å². The fraction of sp³-hybridized carbons (Fsp3) is 0.150. The molecule has 0 fully saturated rings. The molecular weight excluding hydrogens is 380 g/mol. The van der Waals surface area contributed by atoms with Crippen LogP contribution in [0.25, 0.3) is 11.3 Å². The third kappa shape index (κ3) is 4.64. The minimum absolute atomic E-state index is 0.0310. The van der Waals surface area contributed by atoms with Crippen molar-refractivity contribution < 1.29 is 33.8 Å². The topological polar surface area (TPSA) is 131 Å². The van der Waals surface area contributed by atoms with Crippen molar-refractivity contribution in [3.05, 3.63) is 59.8 Å². The van der Waals surface area contributed by atoms with Crippen molar-refractivity contribution >= 4 is 17.6 Å². The predicted molar refractivity (Wildman–Crippen MR) is 102 cm³/mol. The Morgan fingerprint density at radius 2 is 1.97 bits per heavy atom. The van der Waals surface area contributed by atoms with E-state index in [0.29, 0.717) is 17.9 Å². The number of nitrogens with zero attached hydrogens (tertiary/aromatic N) is 1. The molecule has 9 nitrogen and oxygen atoms in total. The minimum Gasteiger partial charge on any atom is -0.507 e. The SMILES string of the molecule is COC(=O)c1c(O)cccc1OCCNc1cccc(-c2cc(C(=O)O)no2)c1. The molecule has 29 heavy (non-hydrogen) atoms. The van der Waals surface area contributed by atoms with Gasteiger partial charge in [-0.1, -0.05) is 23.4 Å². The number of phenols is 1. The number of ether oxygens (including phenoxy) is 2. The van der Waals surface area contributed by atoms with Gasteiger partial charge in [0.05, 0.1) is 7.11 Å². The molecule has 2 aromatic carbocycles. The highest BCUT2D eigenvalue weighted by Gasteiger charge is 2.18. The van der Waals surface area contributed by atoms with Crippen molar-refractivity contribution in [1.29, 1.82) is 0 Å². The van der Waals surface area contributed by atoms with E-state index in [0.717, 1.165) is 5.69 Å². The third-order valence-electron chi connectivity index (χ3n) is 3.96. The maximum Gasteiger partial charge on any atom is 0.358 e. The van der Waals surface area contributed by atoms with Gasteiger partial charge in [-0.2, -0.15) is 0 Å². The minimum atomic E-state index is -1.16. The number of methoxy groups -OCH3 is 1. The summed E-state index contributed by atoms with van der Waals surface area (Å²) in [5.74, 6) is -1.51. The Balaban J connectivity index is 1.61. The summed E-state index contributed by atoms with van der Waals surface area (Å²) in [7, 11) is 1.22. The van der Waals surface area contributed by atoms with Gasteiger partial charge >= 0.3 is 11.9 Å². The van der Waals surface area contributed by atoms with Crippen LogP contribution in [-0.2, 0) is 4.74 Å². The Morgan fingerprint density at radius 1 is 1.17 bits per heavy atom. The monoisotopic (exact) mass is 398 g/mol. The van der Waals surface area contributed by atoms with Crippen molar-refractivity contribution in [1.82, 2.24) is 5.16 Å². The Bertz CT molecular complexity index is 1030. The highest BCUT2D eigenvalue weighted by molar-refractivity contribution is 5.95. The van der Waals surface area contributed by atoms with Crippen molar-refractivity contribution in [3.8, 4) is 22.8 Å². The number of hydrogen-bond donors (Lipinski definition) is 3. The van der Waals surface area contributed by atoms with Gasteiger partial charge in [0.15, 0.2) is 11.5 Å². The van der Waals surface area contributed by atoms with E-state index >= 15 is 0 Å². The van der Waals surface area contributed by atoms with Gasteiger partial charge in [-0.05, 0) is 24.3 Å². The number of phenolic OH excluding ortho intramolecular Hbond substituents is 1. The van der Waals surface area contributed by atoms with Crippen molar-refractivity contribution in [3.63, 3.8) is 0 Å². The molecule has 0 amide bonds. The molecule has 0 saturated heterocycles. The molecule has 0 saturated carbocycles. The molecule has 3 N–H and O–H groups in total. The molecule has 0 spiro atoms. The maximum absolute atomic E-state index is 11.8. The Morgan fingerprint density at radius 3 is 2.69 bits per heavy atom. The molecule has 0 aliphatic rings. The van der Waals surface area contributed by atoms with Crippen molar-refractivity contribution in [2.75, 3.05) is 25.6 Å². The van der Waals surface area contributed by atoms with E-state index in [2.05, 4.69) is 15.2 Å². The molecule has 1 aromatic heterocycles. The first kappa shape index (κ1) is 19.7. The second-order valence-electron chi connectivity index (χ2n) is 5.88. The average molecular weight is 398 g/mol. The summed E-state index contributed by atoms with van der Waals surface area (Å²) in [6.45, 7) is 0.611. The lowest BCUT2D eigenvalue weighted by molar-refractivity contribution is 0.0591. The lowest BCUT2D eigenvalue weighted by Crippen LogP contribution is -2.13. The first-order valence-corrected chi connectivity index (χ1v) is 8.57. The number of anilines is 1. The lowest BCUT2D eigenvalue weighted by Gasteiger charge is -2.12. The van der Waals surface area contributed by atoms with Crippen LogP contribution in [0.5, 0.6) is 11.5 Å². The normalized spacial score (nSPS) is 10.4. The van der Waals surface area contributed by atoms with E-state index in [1.54, 1.807) is 30.3 Å². The summed E-state index contributed by atoms with van der Waals surface area (Å²) in [5, 5.41) is 25.4. The van der Waals surface area contributed by atoms with E-state index in [-0.39, 0.29) is 29.4 Å². The van der Waals surface area contributed by atoms with Gasteiger partial charge in [-0.15, -0.1) is 0 Å². The highest BCUT2D eigenvalue weighted by Crippen LogP contribution is 2.28. The summed E-state index contributed by atoms with van der Waals surface area (Å²) in [6, 6.07) is 13.0. The van der Waals surface area contributed by atoms with Gasteiger partial charge in [-0.25, -0.2) is 9.59 Å². The van der Waals surface area contributed by atoms with Gasteiger partial charge in [0.2, 0.25) is 0 Å². The molecule has 1 heterocycles. The molecule has 3 aromatic rings. The largest absolute Gasteiger partial charge is 0.507 e. The zero-order chi connectivity index (χ0) is 20.8. The van der Waals surface area contributed by atoms with Gasteiger partial charge in [0, 0.05) is 23.9 Å². The number of carbonyl (C=O) groups excluding carboxylic acids is 1. The van der Waals surface area contributed by atoms with Crippen molar-refractivity contribution in [2.24, 2.45) is 0 Å². The van der Waals surface area contributed by atoms with Crippen LogP contribution in [0.15, 0.2) is 53.1 Å². The number of carboxylic acids is 1. The third-order valence-corrected chi connectivity index (χ3v) is 3.96. The van der Waals surface area contributed by atoms with E-state index in [1.165, 1.54) is 19.2 Å². The van der Waals surface area contributed by atoms with Crippen LogP contribution in [0.1, 0.15) is 20.8 Å². The molecule has 0 aliphatic heterocycles. The summed E-state index contributed by atoms with van der Waals surface area (Å²) in [4.78, 5) is 22.7.